The number of rotatable bonds is 3. The lowest BCUT2D eigenvalue weighted by atomic mass is 10.1. The lowest BCUT2D eigenvalue weighted by Crippen LogP contribution is -2.09. The van der Waals surface area contributed by atoms with Crippen molar-refractivity contribution in [3.63, 3.8) is 0 Å². The second-order valence-corrected chi connectivity index (χ2v) is 5.49. The van der Waals surface area contributed by atoms with E-state index in [0.29, 0.717) is 10.2 Å². The van der Waals surface area contributed by atoms with Crippen LogP contribution in [0.1, 0.15) is 18.5 Å². The Morgan fingerprint density at radius 3 is 2.74 bits per heavy atom. The molecule has 0 radical (unpaired) electrons. The predicted molar refractivity (Wildman–Crippen MR) is 77.4 cm³/mol. The third kappa shape index (κ3) is 3.50. The zero-order valence-electron chi connectivity index (χ0n) is 10.2. The van der Waals surface area contributed by atoms with Gasteiger partial charge in [-0.2, -0.15) is 0 Å². The van der Waals surface area contributed by atoms with E-state index in [-0.39, 0.29) is 17.4 Å². The van der Waals surface area contributed by atoms with Gasteiger partial charge >= 0.3 is 0 Å². The van der Waals surface area contributed by atoms with Crippen molar-refractivity contribution in [2.24, 2.45) is 5.73 Å². The molecule has 0 aliphatic rings. The van der Waals surface area contributed by atoms with Crippen molar-refractivity contribution in [3.8, 4) is 0 Å². The van der Waals surface area contributed by atoms with E-state index < -0.39 is 0 Å². The zero-order valence-corrected chi connectivity index (χ0v) is 11.8. The van der Waals surface area contributed by atoms with Crippen molar-refractivity contribution in [2.45, 2.75) is 23.0 Å². The zero-order chi connectivity index (χ0) is 14.0. The fraction of sp³-hybridized carbons (Fsp3) is 0.167. The summed E-state index contributed by atoms with van der Waals surface area (Å²) in [4.78, 5) is 18.7. The molecule has 1 atom stereocenters. The van der Waals surface area contributed by atoms with Gasteiger partial charge < -0.3 is 16.5 Å². The largest absolute Gasteiger partial charge is 0.383 e. The average molecular weight is 297 g/mol. The number of H-pyrrole nitrogens is 1. The Morgan fingerprint density at radius 1 is 1.42 bits per heavy atom. The Bertz CT molecular complexity index is 656. The van der Waals surface area contributed by atoms with Gasteiger partial charge in [-0.05, 0) is 24.6 Å². The molecule has 100 valence electrons. The van der Waals surface area contributed by atoms with Crippen LogP contribution in [-0.4, -0.2) is 9.97 Å². The van der Waals surface area contributed by atoms with E-state index in [1.54, 1.807) is 6.07 Å². The Kier molecular flexibility index (Phi) is 4.14. The Labute approximate surface area is 119 Å². The van der Waals surface area contributed by atoms with Gasteiger partial charge in [-0.3, -0.25) is 4.79 Å². The maximum absolute atomic E-state index is 11.3. The fourth-order valence-corrected chi connectivity index (χ4v) is 2.60. The molecule has 0 saturated carbocycles. The molecular formula is C12H13ClN4OS. The molecule has 0 fully saturated rings. The lowest BCUT2D eigenvalue weighted by molar-refractivity contribution is 0.817. The minimum absolute atomic E-state index is 0.0816. The molecule has 0 amide bonds. The summed E-state index contributed by atoms with van der Waals surface area (Å²) in [6, 6.07) is 6.68. The Morgan fingerprint density at radius 2 is 2.16 bits per heavy atom. The molecule has 2 aromatic rings. The molecule has 0 unspecified atom stereocenters. The number of halogens is 1. The average Bonchev–Trinajstić information content (AvgIpc) is 2.30. The number of nitrogen functional groups attached to an aromatic ring is 1. The molecular weight excluding hydrogens is 284 g/mol. The number of nitrogens with one attached hydrogen (secondary N) is 1. The molecule has 0 bridgehead atoms. The van der Waals surface area contributed by atoms with Crippen LogP contribution >= 0.6 is 23.4 Å². The van der Waals surface area contributed by atoms with E-state index in [1.165, 1.54) is 17.8 Å². The summed E-state index contributed by atoms with van der Waals surface area (Å²) in [6.45, 7) is 1.88. The van der Waals surface area contributed by atoms with Crippen LogP contribution in [0.3, 0.4) is 0 Å². The van der Waals surface area contributed by atoms with E-state index >= 15 is 0 Å². The number of anilines is 1. The van der Waals surface area contributed by atoms with Crippen LogP contribution in [0.15, 0.2) is 39.1 Å². The minimum atomic E-state index is -0.293. The molecule has 1 heterocycles. The van der Waals surface area contributed by atoms with Crippen molar-refractivity contribution in [1.29, 1.82) is 0 Å². The molecule has 1 aromatic heterocycles. The normalized spacial score (nSPS) is 12.4. The van der Waals surface area contributed by atoms with Crippen LogP contribution in [0, 0.1) is 0 Å². The van der Waals surface area contributed by atoms with Gasteiger partial charge in [0.2, 0.25) is 0 Å². The second kappa shape index (κ2) is 5.64. The second-order valence-electron chi connectivity index (χ2n) is 4.06. The monoisotopic (exact) mass is 296 g/mol. The summed E-state index contributed by atoms with van der Waals surface area (Å²) in [5.41, 5.74) is 12.0. The molecule has 1 aromatic carbocycles. The smallest absolute Gasteiger partial charge is 0.253 e. The van der Waals surface area contributed by atoms with Gasteiger partial charge in [0.1, 0.15) is 5.82 Å². The first-order valence-corrected chi connectivity index (χ1v) is 6.75. The highest BCUT2D eigenvalue weighted by Gasteiger charge is 2.08. The number of aromatic amines is 1. The first-order valence-electron chi connectivity index (χ1n) is 5.55. The maximum atomic E-state index is 11.3. The highest BCUT2D eigenvalue weighted by Crippen LogP contribution is 2.32. The van der Waals surface area contributed by atoms with Crippen LogP contribution in [0.2, 0.25) is 5.02 Å². The van der Waals surface area contributed by atoms with Gasteiger partial charge in [-0.15, -0.1) is 0 Å². The molecule has 0 aliphatic heterocycles. The summed E-state index contributed by atoms with van der Waals surface area (Å²) in [5, 5.41) is 0.963. The van der Waals surface area contributed by atoms with Gasteiger partial charge in [0.15, 0.2) is 5.16 Å². The van der Waals surface area contributed by atoms with Crippen LogP contribution in [0.25, 0.3) is 0 Å². The molecule has 2 rings (SSSR count). The quantitative estimate of drug-likeness (QED) is 0.754. The van der Waals surface area contributed by atoms with E-state index in [4.69, 9.17) is 23.1 Å². The van der Waals surface area contributed by atoms with Crippen molar-refractivity contribution < 1.29 is 0 Å². The number of aromatic nitrogens is 2. The molecule has 5 nitrogen and oxygen atoms in total. The summed E-state index contributed by atoms with van der Waals surface area (Å²) in [5.74, 6) is 0.176. The van der Waals surface area contributed by atoms with Crippen molar-refractivity contribution in [1.82, 2.24) is 9.97 Å². The van der Waals surface area contributed by atoms with Gasteiger partial charge in [0.25, 0.3) is 5.56 Å². The van der Waals surface area contributed by atoms with Crippen molar-refractivity contribution >= 4 is 29.2 Å². The number of hydrogen-bond donors (Lipinski definition) is 3. The first kappa shape index (κ1) is 13.9. The molecule has 0 saturated heterocycles. The predicted octanol–water partition coefficient (Wildman–Crippen LogP) is 2.18. The van der Waals surface area contributed by atoms with Crippen LogP contribution < -0.4 is 17.0 Å². The topological polar surface area (TPSA) is 97.8 Å². The number of nitrogens with zero attached hydrogens (tertiary/aromatic N) is 1. The van der Waals surface area contributed by atoms with Crippen molar-refractivity contribution in [3.05, 3.63) is 45.2 Å². The molecule has 19 heavy (non-hydrogen) atoms. The standard InChI is InChI=1S/C12H13ClN4OS/c1-6(14)7-2-3-9(8(13)4-7)19-12-16-10(15)5-11(18)17-12/h2-6H,14H2,1H3,(H3,15,16,17,18)/t6-/m0/s1. The minimum Gasteiger partial charge on any atom is -0.383 e. The third-order valence-corrected chi connectivity index (χ3v) is 3.82. The Hall–Kier alpha value is -1.50. The number of nitrogens with two attached hydrogens (primary N) is 2. The van der Waals surface area contributed by atoms with Crippen LogP contribution in [0.4, 0.5) is 5.82 Å². The maximum Gasteiger partial charge on any atom is 0.253 e. The van der Waals surface area contributed by atoms with Gasteiger partial charge in [0.05, 0.1) is 5.02 Å². The highest BCUT2D eigenvalue weighted by atomic mass is 35.5. The summed E-state index contributed by atoms with van der Waals surface area (Å²) in [7, 11) is 0. The van der Waals surface area contributed by atoms with Crippen LogP contribution in [0.5, 0.6) is 0 Å². The molecule has 0 aliphatic carbocycles. The number of benzene rings is 1. The van der Waals surface area contributed by atoms with Crippen molar-refractivity contribution in [2.75, 3.05) is 5.73 Å². The lowest BCUT2D eigenvalue weighted by Gasteiger charge is -2.09. The fourth-order valence-electron chi connectivity index (χ4n) is 1.49. The molecule has 0 spiro atoms. The highest BCUT2D eigenvalue weighted by molar-refractivity contribution is 7.99. The number of hydrogen-bond acceptors (Lipinski definition) is 5. The first-order chi connectivity index (χ1) is 8.95. The summed E-state index contributed by atoms with van der Waals surface area (Å²) < 4.78 is 0. The Balaban J connectivity index is 2.30. The van der Waals surface area contributed by atoms with E-state index in [9.17, 15) is 4.79 Å². The van der Waals surface area contributed by atoms with E-state index in [2.05, 4.69) is 9.97 Å². The van der Waals surface area contributed by atoms with Gasteiger partial charge in [-0.25, -0.2) is 4.98 Å². The summed E-state index contributed by atoms with van der Waals surface area (Å²) >= 11 is 7.42. The van der Waals surface area contributed by atoms with Gasteiger partial charge in [-0.1, -0.05) is 29.4 Å². The van der Waals surface area contributed by atoms with E-state index in [1.807, 2.05) is 19.1 Å². The van der Waals surface area contributed by atoms with Crippen LogP contribution in [-0.2, 0) is 0 Å². The molecule has 7 heteroatoms. The third-order valence-electron chi connectivity index (χ3n) is 2.43. The van der Waals surface area contributed by atoms with Gasteiger partial charge in [0, 0.05) is 17.0 Å². The van der Waals surface area contributed by atoms with E-state index in [0.717, 1.165) is 10.5 Å². The SMILES string of the molecule is C[C@H](N)c1ccc(Sc2nc(N)cc(=O)[nH]2)c(Cl)c1. The molecule has 5 N–H and O–H groups in total. The summed E-state index contributed by atoms with van der Waals surface area (Å²) in [6.07, 6.45) is 0.